The van der Waals surface area contributed by atoms with Gasteiger partial charge in [0.15, 0.2) is 0 Å². The maximum Gasteiger partial charge on any atom is 0.339 e. The van der Waals surface area contributed by atoms with E-state index in [-0.39, 0.29) is 12.0 Å². The smallest absolute Gasteiger partial charge is 0.339 e. The average molecular weight is 417 g/mol. The molecule has 0 spiro atoms. The number of nitrogens with zero attached hydrogens (tertiary/aromatic N) is 2. The number of rotatable bonds is 7. The summed E-state index contributed by atoms with van der Waals surface area (Å²) in [6, 6.07) is 14.0. The average Bonchev–Trinajstić information content (AvgIpc) is 2.77. The standard InChI is InChI=1S/C24H23N3O4/c1-16(2)31-21-13-17(7-9-20-6-4-5-11-25-20)12-19(14-21)23(28)27-22-10-8-18(15-26-22)24(29)30-3/h4-16H,1-3H3,(H,26,27,28)/b9-7+. The van der Waals surface area contributed by atoms with E-state index in [9.17, 15) is 9.59 Å². The summed E-state index contributed by atoms with van der Waals surface area (Å²) < 4.78 is 10.5. The number of methoxy groups -OCH3 is 1. The van der Waals surface area contributed by atoms with Gasteiger partial charge in [0, 0.05) is 18.0 Å². The second kappa shape index (κ2) is 10.2. The van der Waals surface area contributed by atoms with E-state index in [4.69, 9.17) is 4.74 Å². The van der Waals surface area contributed by atoms with Crippen molar-refractivity contribution in [1.29, 1.82) is 0 Å². The first-order valence-corrected chi connectivity index (χ1v) is 9.71. The summed E-state index contributed by atoms with van der Waals surface area (Å²) in [5.41, 5.74) is 2.31. The highest BCUT2D eigenvalue weighted by Crippen LogP contribution is 2.21. The Morgan fingerprint density at radius 2 is 1.84 bits per heavy atom. The summed E-state index contributed by atoms with van der Waals surface area (Å²) in [4.78, 5) is 32.7. The van der Waals surface area contributed by atoms with Crippen molar-refractivity contribution in [2.24, 2.45) is 0 Å². The molecule has 0 atom stereocenters. The van der Waals surface area contributed by atoms with E-state index in [0.717, 1.165) is 11.3 Å². The van der Waals surface area contributed by atoms with Gasteiger partial charge in [-0.2, -0.15) is 0 Å². The Hall–Kier alpha value is -4.00. The van der Waals surface area contributed by atoms with Crippen molar-refractivity contribution in [2.75, 3.05) is 12.4 Å². The normalized spacial score (nSPS) is 10.8. The Morgan fingerprint density at radius 3 is 2.48 bits per heavy atom. The van der Waals surface area contributed by atoms with Gasteiger partial charge in [-0.3, -0.25) is 9.78 Å². The number of hydrogen-bond acceptors (Lipinski definition) is 6. The van der Waals surface area contributed by atoms with Gasteiger partial charge in [-0.1, -0.05) is 12.1 Å². The van der Waals surface area contributed by atoms with Crippen molar-refractivity contribution < 1.29 is 19.1 Å². The molecule has 0 fully saturated rings. The lowest BCUT2D eigenvalue weighted by Gasteiger charge is -2.13. The van der Waals surface area contributed by atoms with Crippen LogP contribution in [0.4, 0.5) is 5.82 Å². The van der Waals surface area contributed by atoms with Crippen molar-refractivity contribution in [3.05, 3.63) is 83.3 Å². The maximum absolute atomic E-state index is 12.8. The van der Waals surface area contributed by atoms with Gasteiger partial charge in [0.2, 0.25) is 0 Å². The number of hydrogen-bond donors (Lipinski definition) is 1. The predicted octanol–water partition coefficient (Wildman–Crippen LogP) is 4.47. The van der Waals surface area contributed by atoms with Crippen molar-refractivity contribution in [3.63, 3.8) is 0 Å². The molecule has 0 unspecified atom stereocenters. The zero-order chi connectivity index (χ0) is 22.2. The monoisotopic (exact) mass is 417 g/mol. The van der Waals surface area contributed by atoms with Gasteiger partial charge in [0.1, 0.15) is 11.6 Å². The first kappa shape index (κ1) is 21.7. The second-order valence-corrected chi connectivity index (χ2v) is 6.92. The number of pyridine rings is 2. The second-order valence-electron chi connectivity index (χ2n) is 6.92. The van der Waals surface area contributed by atoms with Crippen LogP contribution in [0, 0.1) is 0 Å². The van der Waals surface area contributed by atoms with Crippen LogP contribution in [0.5, 0.6) is 5.75 Å². The van der Waals surface area contributed by atoms with Crippen LogP contribution in [0.2, 0.25) is 0 Å². The summed E-state index contributed by atoms with van der Waals surface area (Å²) in [6.07, 6.45) is 6.76. The van der Waals surface area contributed by atoms with Crippen molar-refractivity contribution in [3.8, 4) is 5.75 Å². The maximum atomic E-state index is 12.8. The first-order chi connectivity index (χ1) is 14.9. The quantitative estimate of drug-likeness (QED) is 0.570. The molecule has 0 aliphatic heterocycles. The minimum Gasteiger partial charge on any atom is -0.491 e. The predicted molar refractivity (Wildman–Crippen MR) is 119 cm³/mol. The summed E-state index contributed by atoms with van der Waals surface area (Å²) in [7, 11) is 1.30. The molecule has 1 N–H and O–H groups in total. The molecule has 31 heavy (non-hydrogen) atoms. The van der Waals surface area contributed by atoms with E-state index in [0.29, 0.717) is 22.7 Å². The van der Waals surface area contributed by atoms with E-state index < -0.39 is 5.97 Å². The lowest BCUT2D eigenvalue weighted by Crippen LogP contribution is -2.14. The van der Waals surface area contributed by atoms with E-state index in [1.54, 1.807) is 24.4 Å². The molecule has 3 aromatic rings. The molecule has 7 heteroatoms. The summed E-state index contributed by atoms with van der Waals surface area (Å²) >= 11 is 0. The highest BCUT2D eigenvalue weighted by Gasteiger charge is 2.12. The van der Waals surface area contributed by atoms with Crippen LogP contribution < -0.4 is 10.1 Å². The van der Waals surface area contributed by atoms with Crippen molar-refractivity contribution in [1.82, 2.24) is 9.97 Å². The lowest BCUT2D eigenvalue weighted by molar-refractivity contribution is 0.0600. The molecule has 3 rings (SSSR count). The van der Waals surface area contributed by atoms with Gasteiger partial charge in [0.05, 0.1) is 24.5 Å². The molecule has 0 saturated carbocycles. The number of amides is 1. The molecule has 158 valence electrons. The van der Waals surface area contributed by atoms with Gasteiger partial charge in [-0.15, -0.1) is 0 Å². The Balaban J connectivity index is 1.83. The van der Waals surface area contributed by atoms with Crippen LogP contribution in [0.3, 0.4) is 0 Å². The Kier molecular flexibility index (Phi) is 7.11. The van der Waals surface area contributed by atoms with Gasteiger partial charge in [-0.25, -0.2) is 9.78 Å². The highest BCUT2D eigenvalue weighted by molar-refractivity contribution is 6.04. The minimum atomic E-state index is -0.492. The number of ether oxygens (including phenoxy) is 2. The van der Waals surface area contributed by atoms with Gasteiger partial charge >= 0.3 is 5.97 Å². The summed E-state index contributed by atoms with van der Waals surface area (Å²) in [6.45, 7) is 3.84. The number of anilines is 1. The van der Waals surface area contributed by atoms with Gasteiger partial charge in [-0.05, 0) is 68.0 Å². The third-order valence-corrected chi connectivity index (χ3v) is 4.12. The summed E-state index contributed by atoms with van der Waals surface area (Å²) in [5, 5.41) is 2.73. The minimum absolute atomic E-state index is 0.0431. The number of nitrogens with one attached hydrogen (secondary N) is 1. The van der Waals surface area contributed by atoms with Crippen molar-refractivity contribution >= 4 is 29.8 Å². The van der Waals surface area contributed by atoms with Crippen LogP contribution in [0.15, 0.2) is 60.9 Å². The molecule has 7 nitrogen and oxygen atoms in total. The number of benzene rings is 1. The van der Waals surface area contributed by atoms with Crippen LogP contribution in [-0.4, -0.2) is 35.1 Å². The van der Waals surface area contributed by atoms with Crippen LogP contribution in [0.1, 0.15) is 45.8 Å². The van der Waals surface area contributed by atoms with Gasteiger partial charge in [0.25, 0.3) is 5.91 Å². The fraction of sp³-hybridized carbons (Fsp3) is 0.167. The fourth-order valence-electron chi connectivity index (χ4n) is 2.74. The van der Waals surface area contributed by atoms with Crippen LogP contribution in [0.25, 0.3) is 12.2 Å². The molecular formula is C24H23N3O4. The molecule has 2 heterocycles. The molecule has 1 amide bonds. The molecule has 1 aromatic carbocycles. The zero-order valence-corrected chi connectivity index (χ0v) is 17.5. The number of aromatic nitrogens is 2. The van der Waals surface area contributed by atoms with Crippen molar-refractivity contribution in [2.45, 2.75) is 20.0 Å². The Morgan fingerprint density at radius 1 is 1.00 bits per heavy atom. The number of carbonyl (C=O) groups excluding carboxylic acids is 2. The molecule has 0 aliphatic rings. The van der Waals surface area contributed by atoms with E-state index in [2.05, 4.69) is 20.0 Å². The number of esters is 1. The Labute approximate surface area is 180 Å². The largest absolute Gasteiger partial charge is 0.491 e. The van der Waals surface area contributed by atoms with E-state index in [1.165, 1.54) is 19.4 Å². The Bertz CT molecular complexity index is 1080. The molecule has 2 aromatic heterocycles. The van der Waals surface area contributed by atoms with Gasteiger partial charge < -0.3 is 14.8 Å². The zero-order valence-electron chi connectivity index (χ0n) is 17.5. The van der Waals surface area contributed by atoms with E-state index >= 15 is 0 Å². The molecule has 0 saturated heterocycles. The third-order valence-electron chi connectivity index (χ3n) is 4.12. The third kappa shape index (κ3) is 6.24. The summed E-state index contributed by atoms with van der Waals surface area (Å²) in [5.74, 6) is 0.0592. The lowest BCUT2D eigenvalue weighted by atomic mass is 10.1. The topological polar surface area (TPSA) is 90.4 Å². The number of carbonyl (C=O) groups is 2. The molecule has 0 bridgehead atoms. The molecule has 0 aliphatic carbocycles. The van der Waals surface area contributed by atoms with Crippen LogP contribution in [-0.2, 0) is 4.74 Å². The van der Waals surface area contributed by atoms with E-state index in [1.807, 2.05) is 50.3 Å². The highest BCUT2D eigenvalue weighted by atomic mass is 16.5. The first-order valence-electron chi connectivity index (χ1n) is 9.71. The van der Waals surface area contributed by atoms with Crippen LogP contribution >= 0.6 is 0 Å². The molecule has 0 radical (unpaired) electrons. The SMILES string of the molecule is COC(=O)c1ccc(NC(=O)c2cc(/C=C/c3ccccn3)cc(OC(C)C)c2)nc1. The fourth-order valence-corrected chi connectivity index (χ4v) is 2.74. The molecular weight excluding hydrogens is 394 g/mol.